The van der Waals surface area contributed by atoms with Gasteiger partial charge in [0.15, 0.2) is 22.5 Å². The molecule has 8 heteroatoms. The molecule has 0 spiro atoms. The number of nitrogens with zero attached hydrogens (tertiary/aromatic N) is 3. The van der Waals surface area contributed by atoms with Crippen LogP contribution in [0.5, 0.6) is 0 Å². The Labute approximate surface area is 171 Å². The van der Waals surface area contributed by atoms with Crippen LogP contribution >= 0.6 is 23.1 Å². The summed E-state index contributed by atoms with van der Waals surface area (Å²) in [6.45, 7) is 7.06. The van der Waals surface area contributed by atoms with Crippen LogP contribution in [-0.2, 0) is 0 Å². The SMILES string of the molecule is CC(=O)c1c(C)[nH]c(C(=O)C(C)Sc2nnc(-c3cccs3)n2C2CC2)c1C. The number of carbonyl (C=O) groups is 2. The third kappa shape index (κ3) is 3.35. The number of hydrogen-bond donors (Lipinski definition) is 1. The number of thioether (sulfide) groups is 1. The van der Waals surface area contributed by atoms with Crippen molar-refractivity contribution in [2.24, 2.45) is 0 Å². The normalized spacial score (nSPS) is 15.0. The van der Waals surface area contributed by atoms with Crippen LogP contribution in [-0.4, -0.2) is 36.6 Å². The van der Waals surface area contributed by atoms with Gasteiger partial charge in [-0.2, -0.15) is 0 Å². The number of rotatable bonds is 7. The van der Waals surface area contributed by atoms with E-state index in [2.05, 4.69) is 19.7 Å². The zero-order valence-electron chi connectivity index (χ0n) is 16.3. The summed E-state index contributed by atoms with van der Waals surface area (Å²) in [5.74, 6) is 0.825. The van der Waals surface area contributed by atoms with Crippen LogP contribution in [0.25, 0.3) is 10.7 Å². The minimum atomic E-state index is -0.338. The maximum atomic E-state index is 13.1. The summed E-state index contributed by atoms with van der Waals surface area (Å²) >= 11 is 3.07. The van der Waals surface area contributed by atoms with Gasteiger partial charge in [-0.05, 0) is 57.5 Å². The smallest absolute Gasteiger partial charge is 0.192 e. The maximum absolute atomic E-state index is 13.1. The summed E-state index contributed by atoms with van der Waals surface area (Å²) in [6, 6.07) is 4.47. The first-order chi connectivity index (χ1) is 13.4. The standard InChI is InChI=1S/C20H22N4O2S2/c1-10-16(12(3)25)11(2)21-17(10)18(26)13(4)28-20-23-22-19(15-6-5-9-27-15)24(20)14-7-8-14/h5-6,9,13-14,21H,7-8H2,1-4H3. The Bertz CT molecular complexity index is 1040. The van der Waals surface area contributed by atoms with E-state index >= 15 is 0 Å². The van der Waals surface area contributed by atoms with Gasteiger partial charge in [-0.1, -0.05) is 17.8 Å². The van der Waals surface area contributed by atoms with Crippen LogP contribution in [0.1, 0.15) is 64.8 Å². The lowest BCUT2D eigenvalue weighted by Crippen LogP contribution is -2.16. The first kappa shape index (κ1) is 19.1. The van der Waals surface area contributed by atoms with Gasteiger partial charge in [0, 0.05) is 17.3 Å². The quantitative estimate of drug-likeness (QED) is 0.441. The number of aromatic amines is 1. The average Bonchev–Trinajstić information content (AvgIpc) is 3.05. The van der Waals surface area contributed by atoms with E-state index in [0.29, 0.717) is 17.3 Å². The van der Waals surface area contributed by atoms with Crippen molar-refractivity contribution in [3.8, 4) is 10.7 Å². The Morgan fingerprint density at radius 3 is 2.64 bits per heavy atom. The van der Waals surface area contributed by atoms with E-state index in [9.17, 15) is 9.59 Å². The molecular weight excluding hydrogens is 392 g/mol. The Kier molecular flexibility index (Phi) is 5.01. The largest absolute Gasteiger partial charge is 0.355 e. The molecule has 1 aliphatic carbocycles. The van der Waals surface area contributed by atoms with Gasteiger partial charge >= 0.3 is 0 Å². The molecule has 1 unspecified atom stereocenters. The second-order valence-electron chi connectivity index (χ2n) is 7.19. The minimum Gasteiger partial charge on any atom is -0.355 e. The monoisotopic (exact) mass is 414 g/mol. The van der Waals surface area contributed by atoms with Crippen molar-refractivity contribution in [1.82, 2.24) is 19.7 Å². The number of H-pyrrole nitrogens is 1. The molecule has 3 aromatic heterocycles. The third-order valence-corrected chi connectivity index (χ3v) is 6.93. The van der Waals surface area contributed by atoms with Crippen molar-refractivity contribution >= 4 is 34.7 Å². The molecule has 0 aliphatic heterocycles. The van der Waals surface area contributed by atoms with Gasteiger partial charge in [-0.15, -0.1) is 21.5 Å². The predicted molar refractivity (Wildman–Crippen MR) is 112 cm³/mol. The van der Waals surface area contributed by atoms with Gasteiger partial charge in [-0.25, -0.2) is 0 Å². The molecule has 1 fully saturated rings. The molecule has 3 aromatic rings. The van der Waals surface area contributed by atoms with E-state index in [1.165, 1.54) is 18.7 Å². The minimum absolute atomic E-state index is 0.0267. The lowest BCUT2D eigenvalue weighted by atomic mass is 10.0. The number of hydrogen-bond acceptors (Lipinski definition) is 6. The van der Waals surface area contributed by atoms with Gasteiger partial charge in [0.25, 0.3) is 0 Å². The molecule has 1 saturated carbocycles. The van der Waals surface area contributed by atoms with Crippen molar-refractivity contribution < 1.29 is 9.59 Å². The maximum Gasteiger partial charge on any atom is 0.192 e. The number of Topliss-reactive ketones (excluding diaryl/α,β-unsaturated/α-hetero) is 2. The Morgan fingerprint density at radius 2 is 2.07 bits per heavy atom. The van der Waals surface area contributed by atoms with Crippen LogP contribution in [0.2, 0.25) is 0 Å². The topological polar surface area (TPSA) is 80.6 Å². The highest BCUT2D eigenvalue weighted by Crippen LogP contribution is 2.42. The highest BCUT2D eigenvalue weighted by atomic mass is 32.2. The van der Waals surface area contributed by atoms with E-state index in [0.717, 1.165) is 40.0 Å². The molecule has 1 N–H and O–H groups in total. The van der Waals surface area contributed by atoms with Crippen molar-refractivity contribution in [3.63, 3.8) is 0 Å². The van der Waals surface area contributed by atoms with E-state index in [1.807, 2.05) is 38.3 Å². The molecule has 28 heavy (non-hydrogen) atoms. The summed E-state index contributed by atoms with van der Waals surface area (Å²) in [5, 5.41) is 11.3. The first-order valence-corrected chi connectivity index (χ1v) is 11.0. The summed E-state index contributed by atoms with van der Waals surface area (Å²) in [6.07, 6.45) is 2.23. The summed E-state index contributed by atoms with van der Waals surface area (Å²) in [7, 11) is 0. The number of ketones is 2. The molecule has 0 saturated heterocycles. The second-order valence-corrected chi connectivity index (χ2v) is 9.45. The summed E-state index contributed by atoms with van der Waals surface area (Å²) in [5.41, 5.74) is 2.59. The molecule has 146 valence electrons. The van der Waals surface area contributed by atoms with Crippen LogP contribution in [0.3, 0.4) is 0 Å². The predicted octanol–water partition coefficient (Wildman–Crippen LogP) is 4.85. The molecule has 0 amide bonds. The molecule has 0 radical (unpaired) electrons. The van der Waals surface area contributed by atoms with Crippen LogP contribution in [0, 0.1) is 13.8 Å². The third-order valence-electron chi connectivity index (χ3n) is 5.01. The number of aromatic nitrogens is 4. The van der Waals surface area contributed by atoms with Crippen molar-refractivity contribution in [2.75, 3.05) is 0 Å². The zero-order chi connectivity index (χ0) is 20.0. The fraction of sp³-hybridized carbons (Fsp3) is 0.400. The van der Waals surface area contributed by atoms with Gasteiger partial charge in [-0.3, -0.25) is 14.2 Å². The van der Waals surface area contributed by atoms with E-state index in [1.54, 1.807) is 11.3 Å². The van der Waals surface area contributed by atoms with Gasteiger partial charge in [0.2, 0.25) is 0 Å². The molecule has 4 rings (SSSR count). The summed E-state index contributed by atoms with van der Waals surface area (Å²) < 4.78 is 2.17. The second kappa shape index (κ2) is 7.33. The van der Waals surface area contributed by atoms with Crippen LogP contribution < -0.4 is 0 Å². The Hall–Kier alpha value is -2.19. The van der Waals surface area contributed by atoms with Crippen molar-refractivity contribution in [1.29, 1.82) is 0 Å². The average molecular weight is 415 g/mol. The number of carbonyl (C=O) groups excluding carboxylic acids is 2. The first-order valence-electron chi connectivity index (χ1n) is 9.28. The Morgan fingerprint density at radius 1 is 1.32 bits per heavy atom. The summed E-state index contributed by atoms with van der Waals surface area (Å²) in [4.78, 5) is 29.1. The van der Waals surface area contributed by atoms with E-state index < -0.39 is 0 Å². The van der Waals surface area contributed by atoms with Gasteiger partial charge in [0.05, 0.1) is 15.8 Å². The number of thiophene rings is 1. The van der Waals surface area contributed by atoms with E-state index in [4.69, 9.17) is 0 Å². The zero-order valence-corrected chi connectivity index (χ0v) is 17.9. The van der Waals surface area contributed by atoms with Crippen LogP contribution in [0.4, 0.5) is 0 Å². The molecule has 6 nitrogen and oxygen atoms in total. The highest BCUT2D eigenvalue weighted by molar-refractivity contribution is 8.00. The molecule has 0 bridgehead atoms. The Balaban J connectivity index is 1.61. The lowest BCUT2D eigenvalue weighted by Gasteiger charge is -2.12. The highest BCUT2D eigenvalue weighted by Gasteiger charge is 2.32. The fourth-order valence-corrected chi connectivity index (χ4v) is 5.22. The van der Waals surface area contributed by atoms with Crippen molar-refractivity contribution in [3.05, 3.63) is 40.0 Å². The lowest BCUT2D eigenvalue weighted by molar-refractivity contribution is 0.0988. The molecule has 0 aromatic carbocycles. The van der Waals surface area contributed by atoms with E-state index in [-0.39, 0.29) is 16.8 Å². The number of nitrogens with one attached hydrogen (secondary N) is 1. The number of aryl methyl sites for hydroxylation is 1. The molecule has 1 atom stereocenters. The van der Waals surface area contributed by atoms with Gasteiger partial charge < -0.3 is 4.98 Å². The molecule has 1 aliphatic rings. The fourth-order valence-electron chi connectivity index (χ4n) is 3.53. The molecular formula is C20H22N4O2S2. The van der Waals surface area contributed by atoms with Crippen molar-refractivity contribution in [2.45, 2.75) is 57.0 Å². The van der Waals surface area contributed by atoms with Gasteiger partial charge in [0.1, 0.15) is 0 Å². The molecule has 3 heterocycles. The van der Waals surface area contributed by atoms with Crippen LogP contribution in [0.15, 0.2) is 22.7 Å².